The average Bonchev–Trinajstić information content (AvgIpc) is 3.18. The minimum Gasteiger partial charge on any atom is -0.469 e. The van der Waals surface area contributed by atoms with Gasteiger partial charge in [-0.3, -0.25) is 9.69 Å². The summed E-state index contributed by atoms with van der Waals surface area (Å²) in [4.78, 5) is 19.5. The zero-order valence-corrected chi connectivity index (χ0v) is 12.9. The number of carbonyl (C=O) groups is 1. The minimum absolute atomic E-state index is 0.0429. The molecule has 112 valence electrons. The Morgan fingerprint density at radius 2 is 2.43 bits per heavy atom. The Morgan fingerprint density at radius 1 is 1.57 bits per heavy atom. The van der Waals surface area contributed by atoms with Gasteiger partial charge in [0.25, 0.3) is 0 Å². The van der Waals surface area contributed by atoms with Crippen LogP contribution in [-0.2, 0) is 16.1 Å². The second kappa shape index (κ2) is 5.99. The van der Waals surface area contributed by atoms with Gasteiger partial charge in [0, 0.05) is 19.6 Å². The molecule has 1 saturated heterocycles. The molecule has 0 amide bonds. The first-order valence-electron chi connectivity index (χ1n) is 6.96. The normalized spacial score (nSPS) is 22.6. The second-order valence-electron chi connectivity index (χ2n) is 5.42. The summed E-state index contributed by atoms with van der Waals surface area (Å²) in [6.45, 7) is 4.38. The molecule has 3 heterocycles. The van der Waals surface area contributed by atoms with E-state index < -0.39 is 0 Å². The van der Waals surface area contributed by atoms with Crippen molar-refractivity contribution in [2.24, 2.45) is 11.8 Å². The average molecular weight is 306 g/mol. The van der Waals surface area contributed by atoms with Crippen molar-refractivity contribution in [3.63, 3.8) is 0 Å². The third-order valence-corrected chi connectivity index (χ3v) is 4.72. The third kappa shape index (κ3) is 3.01. The molecular formula is C15H18N2O3S. The molecule has 2 aromatic heterocycles. The minimum atomic E-state index is -0.121. The van der Waals surface area contributed by atoms with Crippen LogP contribution in [0.3, 0.4) is 0 Å². The van der Waals surface area contributed by atoms with E-state index in [0.717, 1.165) is 23.7 Å². The van der Waals surface area contributed by atoms with Crippen LogP contribution in [0.5, 0.6) is 0 Å². The van der Waals surface area contributed by atoms with Crippen molar-refractivity contribution in [3.05, 3.63) is 29.5 Å². The lowest BCUT2D eigenvalue weighted by Crippen LogP contribution is -2.24. The molecule has 1 aliphatic rings. The Balaban J connectivity index is 1.64. The Kier molecular flexibility index (Phi) is 4.07. The van der Waals surface area contributed by atoms with Crippen molar-refractivity contribution >= 4 is 17.3 Å². The number of hydrogen-bond acceptors (Lipinski definition) is 6. The maximum absolute atomic E-state index is 11.7. The van der Waals surface area contributed by atoms with Gasteiger partial charge < -0.3 is 9.15 Å². The van der Waals surface area contributed by atoms with Crippen LogP contribution in [-0.4, -0.2) is 36.1 Å². The van der Waals surface area contributed by atoms with Crippen molar-refractivity contribution in [2.75, 3.05) is 20.2 Å². The molecule has 6 heteroatoms. The van der Waals surface area contributed by atoms with Crippen molar-refractivity contribution in [2.45, 2.75) is 13.5 Å². The number of oxazole rings is 1. The van der Waals surface area contributed by atoms with E-state index in [2.05, 4.69) is 16.8 Å². The monoisotopic (exact) mass is 306 g/mol. The van der Waals surface area contributed by atoms with Gasteiger partial charge in [-0.15, -0.1) is 11.3 Å². The summed E-state index contributed by atoms with van der Waals surface area (Å²) in [5.74, 6) is 0.806. The number of nitrogens with zero attached hydrogens (tertiary/aromatic N) is 2. The zero-order chi connectivity index (χ0) is 14.8. The number of thiophene rings is 1. The van der Waals surface area contributed by atoms with Crippen LogP contribution in [0.4, 0.5) is 0 Å². The van der Waals surface area contributed by atoms with Crippen molar-refractivity contribution in [1.82, 2.24) is 9.88 Å². The lowest BCUT2D eigenvalue weighted by atomic mass is 9.99. The summed E-state index contributed by atoms with van der Waals surface area (Å²) in [6, 6.07) is 3.97. The third-order valence-electron chi connectivity index (χ3n) is 3.86. The SMILES string of the molecule is COC(=O)C1CN(Cc2coc(-c3cccs3)n2)CC1C. The van der Waals surface area contributed by atoms with Crippen LogP contribution >= 0.6 is 11.3 Å². The molecule has 3 rings (SSSR count). The summed E-state index contributed by atoms with van der Waals surface area (Å²) in [5, 5.41) is 2.00. The van der Waals surface area contributed by atoms with Gasteiger partial charge in [0.05, 0.1) is 23.6 Å². The molecule has 0 N–H and O–H groups in total. The summed E-state index contributed by atoms with van der Waals surface area (Å²) < 4.78 is 10.4. The highest BCUT2D eigenvalue weighted by Crippen LogP contribution is 2.27. The molecule has 5 nitrogen and oxygen atoms in total. The largest absolute Gasteiger partial charge is 0.469 e. The van der Waals surface area contributed by atoms with Crippen LogP contribution < -0.4 is 0 Å². The highest BCUT2D eigenvalue weighted by Gasteiger charge is 2.35. The molecule has 2 unspecified atom stereocenters. The first-order chi connectivity index (χ1) is 10.2. The molecule has 1 aliphatic heterocycles. The van der Waals surface area contributed by atoms with Gasteiger partial charge in [0.15, 0.2) is 0 Å². The lowest BCUT2D eigenvalue weighted by Gasteiger charge is -2.13. The van der Waals surface area contributed by atoms with Gasteiger partial charge in [-0.2, -0.15) is 0 Å². The lowest BCUT2D eigenvalue weighted by molar-refractivity contribution is -0.146. The van der Waals surface area contributed by atoms with E-state index in [9.17, 15) is 4.79 Å². The molecular weight excluding hydrogens is 288 g/mol. The summed E-state index contributed by atoms with van der Waals surface area (Å²) in [7, 11) is 1.45. The molecule has 0 aromatic carbocycles. The van der Waals surface area contributed by atoms with Crippen LogP contribution in [0.15, 0.2) is 28.2 Å². The standard InChI is InChI=1S/C15H18N2O3S/c1-10-6-17(8-12(10)15(18)19-2)7-11-9-20-14(16-11)13-4-3-5-21-13/h3-5,9-10,12H,6-8H2,1-2H3. The van der Waals surface area contributed by atoms with Crippen LogP contribution in [0.2, 0.25) is 0 Å². The second-order valence-corrected chi connectivity index (χ2v) is 6.37. The van der Waals surface area contributed by atoms with Gasteiger partial charge >= 0.3 is 5.97 Å². The van der Waals surface area contributed by atoms with Crippen molar-refractivity contribution in [3.8, 4) is 10.8 Å². The fourth-order valence-corrected chi connectivity index (χ4v) is 3.43. The van der Waals surface area contributed by atoms with E-state index >= 15 is 0 Å². The molecule has 21 heavy (non-hydrogen) atoms. The Morgan fingerprint density at radius 3 is 3.14 bits per heavy atom. The Bertz CT molecular complexity index is 608. The van der Waals surface area contributed by atoms with Gasteiger partial charge in [0.1, 0.15) is 6.26 Å². The van der Waals surface area contributed by atoms with E-state index in [-0.39, 0.29) is 11.9 Å². The Hall–Kier alpha value is -1.66. The number of aromatic nitrogens is 1. The number of likely N-dealkylation sites (tertiary alicyclic amines) is 1. The first kappa shape index (κ1) is 14.3. The van der Waals surface area contributed by atoms with E-state index in [1.807, 2.05) is 17.5 Å². The smallest absolute Gasteiger partial charge is 0.310 e. The number of hydrogen-bond donors (Lipinski definition) is 0. The van der Waals surface area contributed by atoms with Crippen LogP contribution in [0.1, 0.15) is 12.6 Å². The summed E-state index contributed by atoms with van der Waals surface area (Å²) in [5.41, 5.74) is 0.899. The molecule has 2 aromatic rings. The molecule has 1 fully saturated rings. The van der Waals surface area contributed by atoms with Gasteiger partial charge in [0.2, 0.25) is 5.89 Å². The van der Waals surface area contributed by atoms with Crippen LogP contribution in [0.25, 0.3) is 10.8 Å². The zero-order valence-electron chi connectivity index (χ0n) is 12.1. The molecule has 0 spiro atoms. The predicted octanol–water partition coefficient (Wildman–Crippen LogP) is 2.64. The molecule has 0 saturated carbocycles. The number of rotatable bonds is 4. The predicted molar refractivity (Wildman–Crippen MR) is 79.8 cm³/mol. The number of methoxy groups -OCH3 is 1. The Labute approximate surface area is 127 Å². The number of ether oxygens (including phenoxy) is 1. The summed E-state index contributed by atoms with van der Waals surface area (Å²) in [6.07, 6.45) is 1.70. The van der Waals surface area contributed by atoms with E-state index in [4.69, 9.17) is 9.15 Å². The highest BCUT2D eigenvalue weighted by atomic mass is 32.1. The van der Waals surface area contributed by atoms with Gasteiger partial charge in [-0.05, 0) is 17.4 Å². The molecule has 2 atom stereocenters. The number of esters is 1. The summed E-state index contributed by atoms with van der Waals surface area (Å²) >= 11 is 1.61. The topological polar surface area (TPSA) is 55.6 Å². The molecule has 0 aliphatic carbocycles. The number of carbonyl (C=O) groups excluding carboxylic acids is 1. The molecule has 0 bridgehead atoms. The van der Waals surface area contributed by atoms with E-state index in [1.165, 1.54) is 7.11 Å². The van der Waals surface area contributed by atoms with E-state index in [1.54, 1.807) is 17.6 Å². The van der Waals surface area contributed by atoms with Crippen molar-refractivity contribution in [1.29, 1.82) is 0 Å². The maximum atomic E-state index is 11.7. The quantitative estimate of drug-likeness (QED) is 0.813. The fraction of sp³-hybridized carbons (Fsp3) is 0.467. The highest BCUT2D eigenvalue weighted by molar-refractivity contribution is 7.13. The van der Waals surface area contributed by atoms with Gasteiger partial charge in [-0.25, -0.2) is 4.98 Å². The maximum Gasteiger partial charge on any atom is 0.310 e. The fourth-order valence-electron chi connectivity index (χ4n) is 2.78. The molecule has 0 radical (unpaired) electrons. The van der Waals surface area contributed by atoms with Crippen molar-refractivity contribution < 1.29 is 13.9 Å². The van der Waals surface area contributed by atoms with E-state index in [0.29, 0.717) is 18.4 Å². The van der Waals surface area contributed by atoms with Crippen LogP contribution in [0, 0.1) is 11.8 Å². The first-order valence-corrected chi connectivity index (χ1v) is 7.84. The van der Waals surface area contributed by atoms with Gasteiger partial charge in [-0.1, -0.05) is 13.0 Å².